The Morgan fingerprint density at radius 2 is 1.95 bits per heavy atom. The van der Waals surface area contributed by atoms with Gasteiger partial charge in [-0.2, -0.15) is 0 Å². The van der Waals surface area contributed by atoms with Gasteiger partial charge in [-0.15, -0.1) is 12.6 Å². The van der Waals surface area contributed by atoms with Gasteiger partial charge in [0.15, 0.2) is 0 Å². The number of halogens is 2. The van der Waals surface area contributed by atoms with Crippen LogP contribution >= 0.6 is 24.2 Å². The first-order valence-corrected chi connectivity index (χ1v) is 14.3. The zero-order chi connectivity index (χ0) is 29.5. The Bertz CT molecular complexity index is 1430. The molecular formula is C32H35ClFN3O3S. The molecule has 0 radical (unpaired) electrons. The number of hydrogen-bond donors (Lipinski definition) is 2. The molecule has 9 heteroatoms. The highest BCUT2D eigenvalue weighted by atomic mass is 35.5. The van der Waals surface area contributed by atoms with E-state index in [4.69, 9.17) is 21.3 Å². The molecule has 0 aliphatic carbocycles. The molecule has 1 aliphatic heterocycles. The van der Waals surface area contributed by atoms with Crippen LogP contribution in [-0.4, -0.2) is 47.1 Å². The Balaban J connectivity index is 1.37. The predicted molar refractivity (Wildman–Crippen MR) is 166 cm³/mol. The standard InChI is InChI=1S/C32H35ClFN3O3S/c1-21-7-8-25(32(38)39)17-30(21)37(16-11-23(3)41)22(2)19-36-14-12-24(13-15-36)29-5-4-6-31(35-29)40-20-26-9-10-27(33)18-28(26)34/h4-10,17-18,24,41H,2-3,11-16,19-20H2,1H3,(H,38,39). The van der Waals surface area contributed by atoms with Crippen molar-refractivity contribution in [2.45, 2.75) is 38.7 Å². The van der Waals surface area contributed by atoms with Crippen molar-refractivity contribution in [3.05, 3.63) is 112 Å². The number of thiol groups is 1. The lowest BCUT2D eigenvalue weighted by Crippen LogP contribution is -2.38. The van der Waals surface area contributed by atoms with Gasteiger partial charge in [0.05, 0.1) is 5.56 Å². The van der Waals surface area contributed by atoms with E-state index < -0.39 is 11.8 Å². The number of nitrogens with zero attached hydrogens (tertiary/aromatic N) is 3. The maximum atomic E-state index is 14.1. The van der Waals surface area contributed by atoms with Crippen molar-refractivity contribution >= 4 is 35.9 Å². The Morgan fingerprint density at radius 1 is 1.20 bits per heavy atom. The fourth-order valence-electron chi connectivity index (χ4n) is 4.98. The molecule has 0 bridgehead atoms. The summed E-state index contributed by atoms with van der Waals surface area (Å²) in [5.74, 6) is -0.610. The predicted octanol–water partition coefficient (Wildman–Crippen LogP) is 7.49. The highest BCUT2D eigenvalue weighted by Gasteiger charge is 2.24. The fraction of sp³-hybridized carbons (Fsp3) is 0.312. The van der Waals surface area contributed by atoms with Crippen LogP contribution in [0.4, 0.5) is 10.1 Å². The van der Waals surface area contributed by atoms with Crippen molar-refractivity contribution in [1.82, 2.24) is 9.88 Å². The van der Waals surface area contributed by atoms with E-state index >= 15 is 0 Å². The topological polar surface area (TPSA) is 65.9 Å². The van der Waals surface area contributed by atoms with E-state index in [1.54, 1.807) is 30.3 Å². The number of hydrogen-bond acceptors (Lipinski definition) is 6. The van der Waals surface area contributed by atoms with Gasteiger partial charge in [-0.1, -0.05) is 43.0 Å². The Labute approximate surface area is 251 Å². The molecule has 41 heavy (non-hydrogen) atoms. The fourth-order valence-corrected chi connectivity index (χ4v) is 5.24. The molecule has 1 aliphatic rings. The second-order valence-electron chi connectivity index (χ2n) is 10.3. The van der Waals surface area contributed by atoms with Crippen molar-refractivity contribution < 1.29 is 19.0 Å². The molecule has 1 aromatic heterocycles. The van der Waals surface area contributed by atoms with Crippen LogP contribution in [0.3, 0.4) is 0 Å². The SMILES string of the molecule is C=C(S)CCN(C(=C)CN1CCC(c2cccc(OCc3ccc(Cl)cc3F)n2)CC1)c1cc(C(=O)O)ccc1C. The van der Waals surface area contributed by atoms with Gasteiger partial charge in [0, 0.05) is 52.7 Å². The van der Waals surface area contributed by atoms with Gasteiger partial charge in [-0.25, -0.2) is 14.2 Å². The molecule has 2 aromatic carbocycles. The first-order chi connectivity index (χ1) is 19.6. The number of ether oxygens (including phenoxy) is 1. The summed E-state index contributed by atoms with van der Waals surface area (Å²) in [5.41, 5.74) is 4.34. The van der Waals surface area contributed by atoms with Crippen molar-refractivity contribution in [2.75, 3.05) is 31.1 Å². The van der Waals surface area contributed by atoms with Crippen LogP contribution in [0.5, 0.6) is 5.88 Å². The largest absolute Gasteiger partial charge is 0.478 e. The number of likely N-dealkylation sites (tertiary alicyclic amines) is 1. The average Bonchev–Trinajstić information content (AvgIpc) is 2.94. The summed E-state index contributed by atoms with van der Waals surface area (Å²) in [5, 5.41) is 9.88. The molecule has 1 saturated heterocycles. The zero-order valence-corrected chi connectivity index (χ0v) is 24.8. The van der Waals surface area contributed by atoms with E-state index in [1.807, 2.05) is 25.1 Å². The number of benzene rings is 2. The number of carboxylic acids is 1. The Hall–Kier alpha value is -3.33. The quantitative estimate of drug-likeness (QED) is 0.211. The number of rotatable bonds is 12. The number of carbonyl (C=O) groups is 1. The summed E-state index contributed by atoms with van der Waals surface area (Å²) < 4.78 is 19.9. The van der Waals surface area contributed by atoms with Gasteiger partial charge in [0.1, 0.15) is 12.4 Å². The molecule has 0 unspecified atom stereocenters. The second kappa shape index (κ2) is 14.0. The van der Waals surface area contributed by atoms with E-state index in [9.17, 15) is 14.3 Å². The molecule has 6 nitrogen and oxygen atoms in total. The molecule has 0 amide bonds. The highest BCUT2D eigenvalue weighted by Crippen LogP contribution is 2.30. The molecule has 0 atom stereocenters. The van der Waals surface area contributed by atoms with Crippen LogP contribution < -0.4 is 9.64 Å². The lowest BCUT2D eigenvalue weighted by atomic mass is 9.93. The van der Waals surface area contributed by atoms with Gasteiger partial charge < -0.3 is 14.7 Å². The smallest absolute Gasteiger partial charge is 0.335 e. The third-order valence-electron chi connectivity index (χ3n) is 7.30. The van der Waals surface area contributed by atoms with Gasteiger partial charge >= 0.3 is 5.97 Å². The third-order valence-corrected chi connectivity index (χ3v) is 7.76. The minimum atomic E-state index is -0.960. The summed E-state index contributed by atoms with van der Waals surface area (Å²) >= 11 is 10.2. The molecule has 0 spiro atoms. The number of aromatic nitrogens is 1. The van der Waals surface area contributed by atoms with Gasteiger partial charge in [-0.3, -0.25) is 4.90 Å². The first kappa shape index (κ1) is 30.6. The Morgan fingerprint density at radius 3 is 2.63 bits per heavy atom. The molecule has 3 aromatic rings. The summed E-state index contributed by atoms with van der Waals surface area (Å²) in [4.78, 5) is 21.5. The van der Waals surface area contributed by atoms with Crippen molar-refractivity contribution in [3.8, 4) is 5.88 Å². The second-order valence-corrected chi connectivity index (χ2v) is 11.4. The summed E-state index contributed by atoms with van der Waals surface area (Å²) in [6.45, 7) is 13.3. The van der Waals surface area contributed by atoms with E-state index in [1.165, 1.54) is 6.07 Å². The van der Waals surface area contributed by atoms with Crippen LogP contribution in [0.2, 0.25) is 5.02 Å². The van der Waals surface area contributed by atoms with Crippen molar-refractivity contribution in [3.63, 3.8) is 0 Å². The molecule has 0 saturated carbocycles. The van der Waals surface area contributed by atoms with Gasteiger partial charge in [-0.05, 0) is 80.1 Å². The average molecular weight is 596 g/mol. The zero-order valence-electron chi connectivity index (χ0n) is 23.2. The van der Waals surface area contributed by atoms with E-state index in [2.05, 4.69) is 35.6 Å². The molecule has 1 fully saturated rings. The lowest BCUT2D eigenvalue weighted by Gasteiger charge is -2.36. The maximum absolute atomic E-state index is 14.1. The van der Waals surface area contributed by atoms with Crippen LogP contribution in [0.25, 0.3) is 0 Å². The molecule has 1 N–H and O–H groups in total. The minimum absolute atomic E-state index is 0.0753. The number of piperidine rings is 1. The Kier molecular flexibility index (Phi) is 10.5. The summed E-state index contributed by atoms with van der Waals surface area (Å²) in [7, 11) is 0. The molecule has 4 rings (SSSR count). The third kappa shape index (κ3) is 8.35. The van der Waals surface area contributed by atoms with E-state index in [0.717, 1.165) is 53.5 Å². The van der Waals surface area contributed by atoms with Crippen LogP contribution in [-0.2, 0) is 6.61 Å². The maximum Gasteiger partial charge on any atom is 0.335 e. The van der Waals surface area contributed by atoms with Gasteiger partial charge in [0.25, 0.3) is 0 Å². The lowest BCUT2D eigenvalue weighted by molar-refractivity contribution is 0.0697. The highest BCUT2D eigenvalue weighted by molar-refractivity contribution is 7.84. The number of aryl methyl sites for hydroxylation is 1. The van der Waals surface area contributed by atoms with E-state index in [0.29, 0.717) is 36.0 Å². The number of pyridine rings is 1. The summed E-state index contributed by atoms with van der Waals surface area (Å²) in [6, 6.07) is 15.4. The first-order valence-electron chi connectivity index (χ1n) is 13.5. The summed E-state index contributed by atoms with van der Waals surface area (Å²) in [6.07, 6.45) is 2.50. The minimum Gasteiger partial charge on any atom is -0.478 e. The van der Waals surface area contributed by atoms with Crippen LogP contribution in [0.15, 0.2) is 78.4 Å². The number of carboxylic acid groups (broad SMARTS) is 1. The molecule has 216 valence electrons. The number of aromatic carboxylic acids is 1. The number of anilines is 1. The van der Waals surface area contributed by atoms with E-state index in [-0.39, 0.29) is 18.1 Å². The van der Waals surface area contributed by atoms with Crippen molar-refractivity contribution in [2.24, 2.45) is 0 Å². The van der Waals surface area contributed by atoms with Gasteiger partial charge in [0.2, 0.25) is 5.88 Å². The van der Waals surface area contributed by atoms with Crippen LogP contribution in [0, 0.1) is 12.7 Å². The normalized spacial score (nSPS) is 14.0. The molecule has 2 heterocycles. The van der Waals surface area contributed by atoms with Crippen LogP contribution in [0.1, 0.15) is 52.4 Å². The molecular weight excluding hydrogens is 561 g/mol. The van der Waals surface area contributed by atoms with Crippen molar-refractivity contribution in [1.29, 1.82) is 0 Å². The monoisotopic (exact) mass is 595 g/mol.